The van der Waals surface area contributed by atoms with E-state index in [-0.39, 0.29) is 11.7 Å². The lowest BCUT2D eigenvalue weighted by Crippen LogP contribution is -2.15. The van der Waals surface area contributed by atoms with Crippen molar-refractivity contribution in [3.8, 4) is 11.5 Å². The molecule has 0 fully saturated rings. The number of hydrogen-bond acceptors (Lipinski definition) is 3. The third-order valence-corrected chi connectivity index (χ3v) is 3.83. The van der Waals surface area contributed by atoms with E-state index in [9.17, 15) is 9.18 Å². The van der Waals surface area contributed by atoms with Crippen molar-refractivity contribution in [2.75, 3.05) is 5.32 Å². The molecule has 3 heterocycles. The molecule has 7 heteroatoms. The molecule has 1 N–H and O–H groups in total. The molecule has 0 radical (unpaired) electrons. The van der Waals surface area contributed by atoms with Crippen LogP contribution in [0.25, 0.3) is 11.5 Å². The Kier molecular flexibility index (Phi) is 4.03. The average Bonchev–Trinajstić information content (AvgIpc) is 3.32. The number of nitrogens with one attached hydrogen (secondary N) is 1. The van der Waals surface area contributed by atoms with E-state index >= 15 is 0 Å². The van der Waals surface area contributed by atoms with Gasteiger partial charge in [0, 0.05) is 18.6 Å². The number of nitrogens with zero attached hydrogens (tertiary/aromatic N) is 4. The third kappa shape index (κ3) is 2.98. The first-order chi connectivity index (χ1) is 12.7. The van der Waals surface area contributed by atoms with Crippen LogP contribution in [0.2, 0.25) is 0 Å². The van der Waals surface area contributed by atoms with E-state index in [1.165, 1.54) is 18.3 Å². The molecular weight excluding hydrogens is 333 g/mol. The number of halogens is 1. The number of anilines is 1. The maximum absolute atomic E-state index is 13.2. The minimum absolute atomic E-state index is 0.310. The molecule has 0 atom stereocenters. The molecule has 1 amide bonds. The lowest BCUT2D eigenvalue weighted by atomic mass is 10.2. The Labute approximate surface area is 148 Å². The van der Waals surface area contributed by atoms with Gasteiger partial charge in [0.15, 0.2) is 5.82 Å². The highest BCUT2D eigenvalue weighted by atomic mass is 19.1. The molecule has 0 saturated heterocycles. The minimum atomic E-state index is -0.335. The van der Waals surface area contributed by atoms with Gasteiger partial charge in [-0.3, -0.25) is 9.78 Å². The quantitative estimate of drug-likeness (QED) is 0.615. The van der Waals surface area contributed by atoms with E-state index in [0.717, 1.165) is 0 Å². The van der Waals surface area contributed by atoms with Crippen molar-refractivity contribution in [1.29, 1.82) is 0 Å². The fraction of sp³-hybridized carbons (Fsp3) is 0. The second kappa shape index (κ2) is 6.64. The molecule has 0 aliphatic carbocycles. The van der Waals surface area contributed by atoms with E-state index in [4.69, 9.17) is 0 Å². The Morgan fingerprint density at radius 3 is 2.46 bits per heavy atom. The Balaban J connectivity index is 1.78. The number of amides is 1. The number of rotatable bonds is 4. The summed E-state index contributed by atoms with van der Waals surface area (Å²) in [4.78, 5) is 16.8. The first kappa shape index (κ1) is 15.8. The smallest absolute Gasteiger partial charge is 0.261 e. The Hall–Kier alpha value is -3.74. The Morgan fingerprint density at radius 1 is 1.00 bits per heavy atom. The first-order valence-corrected chi connectivity index (χ1v) is 7.91. The summed E-state index contributed by atoms with van der Waals surface area (Å²) in [5.41, 5.74) is 1.62. The van der Waals surface area contributed by atoms with Crippen molar-refractivity contribution < 1.29 is 9.18 Å². The predicted molar refractivity (Wildman–Crippen MR) is 95.0 cm³/mol. The van der Waals surface area contributed by atoms with Crippen molar-refractivity contribution >= 4 is 11.6 Å². The van der Waals surface area contributed by atoms with Crippen LogP contribution in [0, 0.1) is 5.82 Å². The monoisotopic (exact) mass is 347 g/mol. The highest BCUT2D eigenvalue weighted by molar-refractivity contribution is 6.06. The van der Waals surface area contributed by atoms with Gasteiger partial charge in [-0.15, -0.1) is 0 Å². The van der Waals surface area contributed by atoms with Crippen LogP contribution < -0.4 is 5.32 Å². The zero-order valence-corrected chi connectivity index (χ0v) is 13.6. The zero-order valence-electron chi connectivity index (χ0n) is 13.6. The van der Waals surface area contributed by atoms with Gasteiger partial charge >= 0.3 is 0 Å². The molecule has 0 spiro atoms. The molecule has 26 heavy (non-hydrogen) atoms. The van der Waals surface area contributed by atoms with Crippen LogP contribution in [0.4, 0.5) is 10.1 Å². The number of carbonyl (C=O) groups is 1. The molecule has 1 aromatic carbocycles. The van der Waals surface area contributed by atoms with Gasteiger partial charge in [-0.25, -0.2) is 9.07 Å². The van der Waals surface area contributed by atoms with Crippen molar-refractivity contribution in [3.63, 3.8) is 0 Å². The lowest BCUT2D eigenvalue weighted by molar-refractivity contribution is 0.102. The summed E-state index contributed by atoms with van der Waals surface area (Å²) in [6.07, 6.45) is 8.32. The highest BCUT2D eigenvalue weighted by Gasteiger charge is 2.20. The van der Waals surface area contributed by atoms with Crippen LogP contribution in [-0.4, -0.2) is 25.2 Å². The number of hydrogen-bond donors (Lipinski definition) is 1. The molecule has 4 aromatic rings. The Morgan fingerprint density at radius 2 is 1.77 bits per heavy atom. The predicted octanol–water partition coefficient (Wildman–Crippen LogP) is 3.45. The molecule has 3 aromatic heterocycles. The Bertz CT molecular complexity index is 1020. The minimum Gasteiger partial charge on any atom is -0.320 e. The standard InChI is InChI=1S/C19H14FN5O/c20-14-5-7-16(8-6-14)25-19(24-10-1-2-11-24)17(13-22-25)18(26)23-15-4-3-9-21-12-15/h1-13H,(H,23,26). The van der Waals surface area contributed by atoms with Crippen molar-refractivity contribution in [2.45, 2.75) is 0 Å². The molecule has 0 bridgehead atoms. The van der Waals surface area contributed by atoms with Crippen LogP contribution in [0.1, 0.15) is 10.4 Å². The van der Waals surface area contributed by atoms with Gasteiger partial charge in [-0.1, -0.05) is 0 Å². The fourth-order valence-electron chi connectivity index (χ4n) is 2.63. The van der Waals surface area contributed by atoms with Crippen LogP contribution >= 0.6 is 0 Å². The second-order valence-electron chi connectivity index (χ2n) is 5.56. The molecule has 0 unspecified atom stereocenters. The summed E-state index contributed by atoms with van der Waals surface area (Å²) in [5.74, 6) is -0.0870. The molecular formula is C19H14FN5O. The molecule has 0 saturated carbocycles. The van der Waals surface area contributed by atoms with Gasteiger partial charge in [0.25, 0.3) is 5.91 Å². The summed E-state index contributed by atoms with van der Waals surface area (Å²) in [6.45, 7) is 0. The molecule has 6 nitrogen and oxygen atoms in total. The van der Waals surface area contributed by atoms with Crippen LogP contribution in [0.5, 0.6) is 0 Å². The highest BCUT2D eigenvalue weighted by Crippen LogP contribution is 2.21. The summed E-state index contributed by atoms with van der Waals surface area (Å²) < 4.78 is 16.6. The second-order valence-corrected chi connectivity index (χ2v) is 5.56. The first-order valence-electron chi connectivity index (χ1n) is 7.91. The normalized spacial score (nSPS) is 10.7. The number of aromatic nitrogens is 4. The summed E-state index contributed by atoms with van der Waals surface area (Å²) >= 11 is 0. The van der Waals surface area contributed by atoms with Gasteiger partial charge in [-0.2, -0.15) is 5.10 Å². The topological polar surface area (TPSA) is 64.7 Å². The summed E-state index contributed by atoms with van der Waals surface area (Å²) in [7, 11) is 0. The van der Waals surface area contributed by atoms with E-state index in [1.54, 1.807) is 45.9 Å². The zero-order chi connectivity index (χ0) is 17.9. The third-order valence-electron chi connectivity index (χ3n) is 3.83. The van der Waals surface area contributed by atoms with Gasteiger partial charge in [0.2, 0.25) is 0 Å². The molecule has 4 rings (SSSR count). The van der Waals surface area contributed by atoms with Crippen LogP contribution in [0.15, 0.2) is 79.5 Å². The number of benzene rings is 1. The van der Waals surface area contributed by atoms with E-state index in [2.05, 4.69) is 15.4 Å². The van der Waals surface area contributed by atoms with E-state index in [1.807, 2.05) is 24.5 Å². The van der Waals surface area contributed by atoms with Crippen molar-refractivity contribution in [3.05, 3.63) is 90.9 Å². The molecule has 0 aliphatic heterocycles. The summed E-state index contributed by atoms with van der Waals surface area (Å²) in [6, 6.07) is 13.1. The van der Waals surface area contributed by atoms with Gasteiger partial charge in [-0.05, 0) is 48.5 Å². The average molecular weight is 347 g/mol. The van der Waals surface area contributed by atoms with E-state index < -0.39 is 0 Å². The number of carbonyl (C=O) groups excluding carboxylic acids is 1. The van der Waals surface area contributed by atoms with Gasteiger partial charge in [0.05, 0.1) is 23.8 Å². The van der Waals surface area contributed by atoms with E-state index in [0.29, 0.717) is 22.8 Å². The van der Waals surface area contributed by atoms with Crippen LogP contribution in [-0.2, 0) is 0 Å². The van der Waals surface area contributed by atoms with Gasteiger partial charge in [0.1, 0.15) is 11.4 Å². The maximum atomic E-state index is 13.2. The fourth-order valence-corrected chi connectivity index (χ4v) is 2.63. The lowest BCUT2D eigenvalue weighted by Gasteiger charge is -2.11. The summed E-state index contributed by atoms with van der Waals surface area (Å²) in [5, 5.41) is 7.14. The van der Waals surface area contributed by atoms with Crippen molar-refractivity contribution in [1.82, 2.24) is 19.3 Å². The maximum Gasteiger partial charge on any atom is 0.261 e. The number of pyridine rings is 1. The molecule has 0 aliphatic rings. The van der Waals surface area contributed by atoms with Crippen molar-refractivity contribution in [2.24, 2.45) is 0 Å². The van der Waals surface area contributed by atoms with Gasteiger partial charge < -0.3 is 9.88 Å². The largest absolute Gasteiger partial charge is 0.320 e. The van der Waals surface area contributed by atoms with Crippen LogP contribution in [0.3, 0.4) is 0 Å². The SMILES string of the molecule is O=C(Nc1cccnc1)c1cnn(-c2ccc(F)cc2)c1-n1cccc1. The molecule has 128 valence electrons.